The third kappa shape index (κ3) is 2.16. The van der Waals surface area contributed by atoms with E-state index < -0.39 is 37.0 Å². The van der Waals surface area contributed by atoms with Crippen LogP contribution in [0.25, 0.3) is 0 Å². The van der Waals surface area contributed by atoms with Crippen LogP contribution in [0.15, 0.2) is 0 Å². The van der Waals surface area contributed by atoms with E-state index in [-0.39, 0.29) is 6.42 Å². The lowest BCUT2D eigenvalue weighted by Crippen LogP contribution is -2.39. The molecule has 1 fully saturated rings. The lowest BCUT2D eigenvalue weighted by Gasteiger charge is -2.20. The van der Waals surface area contributed by atoms with Crippen LogP contribution in [0.5, 0.6) is 0 Å². The molecule has 0 spiro atoms. The minimum Gasteiger partial charge on any atom is -0.457 e. The van der Waals surface area contributed by atoms with E-state index >= 15 is 0 Å². The minimum absolute atomic E-state index is 0.0585. The second-order valence-electron chi connectivity index (χ2n) is 2.97. The molecule has 6 heteroatoms. The van der Waals surface area contributed by atoms with Gasteiger partial charge in [0, 0.05) is 6.42 Å². The number of rotatable bonds is 3. The summed E-state index contributed by atoms with van der Waals surface area (Å²) in [7, 11) is 0. The molecule has 4 atom stereocenters. The minimum atomic E-state index is -1.36. The first-order valence-electron chi connectivity index (χ1n) is 3.91. The molecular formula is C7H12O6. The molecule has 1 saturated heterocycles. The first-order chi connectivity index (χ1) is 6.06. The topological polar surface area (TPSA) is 107 Å². The molecule has 0 saturated carbocycles. The van der Waals surface area contributed by atoms with Gasteiger partial charge in [-0.1, -0.05) is 0 Å². The molecule has 1 heterocycles. The van der Waals surface area contributed by atoms with Gasteiger partial charge < -0.3 is 25.2 Å². The van der Waals surface area contributed by atoms with Crippen LogP contribution in [0.2, 0.25) is 0 Å². The predicted molar refractivity (Wildman–Crippen MR) is 39.6 cm³/mol. The molecule has 76 valence electrons. The largest absolute Gasteiger partial charge is 0.457 e. The number of hydrogen-bond acceptors (Lipinski definition) is 6. The molecular weight excluding hydrogens is 180 g/mol. The van der Waals surface area contributed by atoms with Crippen molar-refractivity contribution in [2.75, 3.05) is 6.61 Å². The van der Waals surface area contributed by atoms with Crippen LogP contribution in [-0.4, -0.2) is 57.4 Å². The van der Waals surface area contributed by atoms with Gasteiger partial charge in [-0.25, -0.2) is 4.79 Å². The van der Waals surface area contributed by atoms with Crippen LogP contribution in [0.3, 0.4) is 0 Å². The lowest BCUT2D eigenvalue weighted by molar-refractivity contribution is -0.154. The van der Waals surface area contributed by atoms with E-state index in [0.717, 1.165) is 0 Å². The molecule has 0 unspecified atom stereocenters. The van der Waals surface area contributed by atoms with Gasteiger partial charge in [-0.05, 0) is 0 Å². The van der Waals surface area contributed by atoms with E-state index in [1.165, 1.54) is 0 Å². The van der Waals surface area contributed by atoms with E-state index in [1.807, 2.05) is 0 Å². The number of carbonyl (C=O) groups is 1. The van der Waals surface area contributed by atoms with Gasteiger partial charge in [-0.15, -0.1) is 0 Å². The highest BCUT2D eigenvalue weighted by Gasteiger charge is 2.39. The second kappa shape index (κ2) is 4.01. The maximum absolute atomic E-state index is 10.7. The van der Waals surface area contributed by atoms with Crippen LogP contribution in [0, 0.1) is 0 Å². The first kappa shape index (κ1) is 10.4. The van der Waals surface area contributed by atoms with Gasteiger partial charge in [0.15, 0.2) is 6.10 Å². The summed E-state index contributed by atoms with van der Waals surface area (Å²) in [6.07, 6.45) is -4.96. The average Bonchev–Trinajstić information content (AvgIpc) is 2.44. The average molecular weight is 192 g/mol. The van der Waals surface area contributed by atoms with Crippen molar-refractivity contribution in [1.82, 2.24) is 0 Å². The normalized spacial score (nSPS) is 32.8. The zero-order valence-electron chi connectivity index (χ0n) is 6.83. The van der Waals surface area contributed by atoms with Crippen molar-refractivity contribution in [1.29, 1.82) is 0 Å². The monoisotopic (exact) mass is 192 g/mol. The number of aliphatic hydroxyl groups is 4. The van der Waals surface area contributed by atoms with Crippen molar-refractivity contribution in [2.24, 2.45) is 0 Å². The predicted octanol–water partition coefficient (Wildman–Crippen LogP) is -2.62. The molecule has 0 radical (unpaired) electrons. The first-order valence-corrected chi connectivity index (χ1v) is 3.91. The van der Waals surface area contributed by atoms with Gasteiger partial charge >= 0.3 is 5.97 Å². The van der Waals surface area contributed by atoms with Crippen LogP contribution in [0.1, 0.15) is 6.42 Å². The molecule has 1 aliphatic heterocycles. The summed E-state index contributed by atoms with van der Waals surface area (Å²) < 4.78 is 4.55. The van der Waals surface area contributed by atoms with Crippen molar-refractivity contribution < 1.29 is 30.0 Å². The molecule has 1 rings (SSSR count). The molecule has 4 N–H and O–H groups in total. The van der Waals surface area contributed by atoms with Crippen molar-refractivity contribution in [3.63, 3.8) is 0 Å². The number of ether oxygens (including phenoxy) is 1. The Morgan fingerprint density at radius 1 is 1.54 bits per heavy atom. The summed E-state index contributed by atoms with van der Waals surface area (Å²) in [6.45, 7) is -0.620. The van der Waals surface area contributed by atoms with Crippen molar-refractivity contribution in [2.45, 2.75) is 30.8 Å². The highest BCUT2D eigenvalue weighted by atomic mass is 16.6. The molecule has 0 aromatic heterocycles. The summed E-state index contributed by atoms with van der Waals surface area (Å²) in [5, 5.41) is 35.7. The van der Waals surface area contributed by atoms with E-state index in [0.29, 0.717) is 0 Å². The Morgan fingerprint density at radius 2 is 2.15 bits per heavy atom. The Morgan fingerprint density at radius 3 is 2.54 bits per heavy atom. The fourth-order valence-electron chi connectivity index (χ4n) is 1.16. The third-order valence-corrected chi connectivity index (χ3v) is 1.96. The smallest absolute Gasteiger partial charge is 0.335 e. The summed E-state index contributed by atoms with van der Waals surface area (Å²) in [5.74, 6) is -0.811. The fourth-order valence-corrected chi connectivity index (χ4v) is 1.16. The molecule has 0 aliphatic carbocycles. The van der Waals surface area contributed by atoms with Crippen LogP contribution in [-0.2, 0) is 9.53 Å². The standard InChI is InChI=1S/C7H12O6/c8-2-4(10)6(11)5-1-3(9)7(12)13-5/h3-6,8-11H,1-2H2/t3-,4-,5-,6+/m1/s1. The van der Waals surface area contributed by atoms with Gasteiger partial charge in [0.25, 0.3) is 0 Å². The van der Waals surface area contributed by atoms with Crippen molar-refractivity contribution in [3.05, 3.63) is 0 Å². The molecule has 0 aromatic rings. The van der Waals surface area contributed by atoms with Gasteiger partial charge in [0.05, 0.1) is 6.61 Å². The third-order valence-electron chi connectivity index (χ3n) is 1.96. The summed E-state index contributed by atoms with van der Waals surface area (Å²) in [5.41, 5.74) is 0. The number of esters is 1. The second-order valence-corrected chi connectivity index (χ2v) is 2.97. The molecule has 0 amide bonds. The highest BCUT2D eigenvalue weighted by Crippen LogP contribution is 2.19. The van der Waals surface area contributed by atoms with Crippen LogP contribution in [0.4, 0.5) is 0 Å². The maximum Gasteiger partial charge on any atom is 0.335 e. The Bertz CT molecular complexity index is 193. The van der Waals surface area contributed by atoms with Gasteiger partial charge in [-0.3, -0.25) is 0 Å². The molecule has 0 bridgehead atoms. The lowest BCUT2D eigenvalue weighted by atomic mass is 10.1. The SMILES string of the molecule is O=C1O[C@@H]([C@@H](O)[C@H](O)CO)C[C@H]1O. The van der Waals surface area contributed by atoms with Crippen molar-refractivity contribution >= 4 is 5.97 Å². The van der Waals surface area contributed by atoms with E-state index in [4.69, 9.17) is 15.3 Å². The zero-order valence-corrected chi connectivity index (χ0v) is 6.83. The quantitative estimate of drug-likeness (QED) is 0.365. The van der Waals surface area contributed by atoms with E-state index in [2.05, 4.69) is 4.74 Å². The number of hydrogen-bond donors (Lipinski definition) is 4. The maximum atomic E-state index is 10.7. The highest BCUT2D eigenvalue weighted by molar-refractivity contribution is 5.76. The molecule has 1 aliphatic rings. The Labute approximate surface area is 74.4 Å². The van der Waals surface area contributed by atoms with Crippen LogP contribution < -0.4 is 0 Å². The summed E-state index contributed by atoms with van der Waals surface area (Å²) in [4.78, 5) is 10.7. The summed E-state index contributed by atoms with van der Waals surface area (Å²) in [6, 6.07) is 0. The van der Waals surface area contributed by atoms with Crippen molar-refractivity contribution in [3.8, 4) is 0 Å². The van der Waals surface area contributed by atoms with E-state index in [9.17, 15) is 9.90 Å². The van der Waals surface area contributed by atoms with Crippen LogP contribution >= 0.6 is 0 Å². The fraction of sp³-hybridized carbons (Fsp3) is 0.857. The molecule has 6 nitrogen and oxygen atoms in total. The van der Waals surface area contributed by atoms with Gasteiger partial charge in [-0.2, -0.15) is 0 Å². The molecule has 13 heavy (non-hydrogen) atoms. The Hall–Kier alpha value is -0.690. The van der Waals surface area contributed by atoms with E-state index in [1.54, 1.807) is 0 Å². The number of cyclic esters (lactones) is 1. The zero-order chi connectivity index (χ0) is 10.0. The number of carbonyl (C=O) groups excluding carboxylic acids is 1. The van der Waals surface area contributed by atoms with Gasteiger partial charge in [0.2, 0.25) is 0 Å². The Kier molecular flexibility index (Phi) is 3.21. The van der Waals surface area contributed by atoms with Gasteiger partial charge in [0.1, 0.15) is 18.3 Å². The number of aliphatic hydroxyl groups excluding tert-OH is 4. The molecule has 0 aromatic carbocycles. The Balaban J connectivity index is 2.50. The summed E-state index contributed by atoms with van der Waals surface area (Å²) >= 11 is 0.